The van der Waals surface area contributed by atoms with Gasteiger partial charge in [-0.3, -0.25) is 0 Å². The quantitative estimate of drug-likeness (QED) is 0.374. The molecule has 4 N–H and O–H groups in total. The van der Waals surface area contributed by atoms with Crippen molar-refractivity contribution in [3.63, 3.8) is 0 Å². The first kappa shape index (κ1) is 23.4. The highest BCUT2D eigenvalue weighted by Gasteiger charge is 2.29. The third-order valence-corrected chi connectivity index (χ3v) is 6.43. The average Bonchev–Trinajstić information content (AvgIpc) is 3.13. The second kappa shape index (κ2) is 10.0. The van der Waals surface area contributed by atoms with Crippen molar-refractivity contribution in [3.8, 4) is 16.9 Å². The van der Waals surface area contributed by atoms with Crippen LogP contribution in [0.1, 0.15) is 35.1 Å². The molecule has 2 unspecified atom stereocenters. The minimum absolute atomic E-state index is 0.0115. The summed E-state index contributed by atoms with van der Waals surface area (Å²) in [4.78, 5) is 12.2. The van der Waals surface area contributed by atoms with Crippen LogP contribution in [0.25, 0.3) is 11.1 Å². The van der Waals surface area contributed by atoms with Crippen LogP contribution in [0.3, 0.4) is 0 Å². The number of ether oxygens (including phenoxy) is 1. The van der Waals surface area contributed by atoms with Crippen molar-refractivity contribution < 1.29 is 24.9 Å². The van der Waals surface area contributed by atoms with Gasteiger partial charge in [0.15, 0.2) is 0 Å². The number of carbonyl (C=O) groups excluding carboxylic acids is 1. The van der Waals surface area contributed by atoms with Gasteiger partial charge in [-0.15, -0.1) is 0 Å². The molecule has 0 bridgehead atoms. The molecule has 0 aliphatic heterocycles. The summed E-state index contributed by atoms with van der Waals surface area (Å²) in [6.07, 6.45) is -3.10. The van der Waals surface area contributed by atoms with E-state index in [2.05, 4.69) is 17.4 Å². The number of phenols is 1. The molecule has 1 aliphatic rings. The van der Waals surface area contributed by atoms with E-state index in [1.54, 1.807) is 0 Å². The van der Waals surface area contributed by atoms with Gasteiger partial charge in [0, 0.05) is 24.1 Å². The number of aromatic hydroxyl groups is 1. The summed E-state index contributed by atoms with van der Waals surface area (Å²) in [5.74, 6) is -0.263. The molecule has 0 aromatic heterocycles. The van der Waals surface area contributed by atoms with Crippen molar-refractivity contribution in [1.29, 1.82) is 0 Å². The van der Waals surface area contributed by atoms with Crippen LogP contribution >= 0.6 is 23.2 Å². The summed E-state index contributed by atoms with van der Waals surface area (Å²) in [5.41, 5.74) is 4.72. The maximum Gasteiger partial charge on any atom is 0.407 e. The Labute approximate surface area is 201 Å². The fourth-order valence-electron chi connectivity index (χ4n) is 4.12. The van der Waals surface area contributed by atoms with Gasteiger partial charge in [0.25, 0.3) is 0 Å². The molecule has 172 valence electrons. The van der Waals surface area contributed by atoms with E-state index in [0.29, 0.717) is 0 Å². The Bertz CT molecular complexity index is 1120. The highest BCUT2D eigenvalue weighted by atomic mass is 35.5. The first-order valence-corrected chi connectivity index (χ1v) is 11.2. The van der Waals surface area contributed by atoms with E-state index in [0.717, 1.165) is 22.3 Å². The molecule has 3 aromatic carbocycles. The number of aliphatic hydroxyl groups is 2. The third-order valence-electron chi connectivity index (χ3n) is 5.80. The van der Waals surface area contributed by atoms with Crippen LogP contribution in [0.4, 0.5) is 4.79 Å². The first-order valence-electron chi connectivity index (χ1n) is 10.5. The zero-order valence-corrected chi connectivity index (χ0v) is 19.1. The standard InChI is InChI=1S/C25H23Cl2NO5/c26-20-12-23(30)21(27)11-18(20)24(31)22(29)9-10-28-25(32)33-13-19-16-7-3-1-5-14(16)15-6-2-4-8-17(15)19/h1-8,11-12,19,22,24,29-31H,9-10,13H2,(H,28,32). The lowest BCUT2D eigenvalue weighted by molar-refractivity contribution is 0.0137. The molecule has 3 aromatic rings. The van der Waals surface area contributed by atoms with Crippen molar-refractivity contribution in [2.75, 3.05) is 13.2 Å². The fourth-order valence-corrected chi connectivity index (χ4v) is 4.56. The largest absolute Gasteiger partial charge is 0.506 e. The topological polar surface area (TPSA) is 99.0 Å². The smallest absolute Gasteiger partial charge is 0.407 e. The number of halogens is 2. The van der Waals surface area contributed by atoms with Crippen molar-refractivity contribution in [1.82, 2.24) is 5.32 Å². The van der Waals surface area contributed by atoms with Crippen molar-refractivity contribution >= 4 is 29.3 Å². The number of carbonyl (C=O) groups is 1. The minimum atomic E-state index is -1.33. The third kappa shape index (κ3) is 4.94. The fraction of sp³-hybridized carbons (Fsp3) is 0.240. The summed E-state index contributed by atoms with van der Waals surface area (Å²) in [7, 11) is 0. The molecule has 0 saturated heterocycles. The molecule has 8 heteroatoms. The van der Waals surface area contributed by atoms with Crippen LogP contribution in [-0.4, -0.2) is 40.7 Å². The van der Waals surface area contributed by atoms with Crippen molar-refractivity contribution in [2.45, 2.75) is 24.5 Å². The molecular formula is C25H23Cl2NO5. The number of alkyl carbamates (subject to hydrolysis) is 1. The normalized spacial score (nSPS) is 14.3. The Balaban J connectivity index is 1.30. The van der Waals surface area contributed by atoms with Gasteiger partial charge in [-0.05, 0) is 34.7 Å². The van der Waals surface area contributed by atoms with Crippen LogP contribution in [0.2, 0.25) is 10.0 Å². The molecular weight excluding hydrogens is 465 g/mol. The van der Waals surface area contributed by atoms with Gasteiger partial charge < -0.3 is 25.4 Å². The summed E-state index contributed by atoms with van der Waals surface area (Å²) in [6, 6.07) is 18.6. The number of nitrogens with one attached hydrogen (secondary N) is 1. The van der Waals surface area contributed by atoms with Gasteiger partial charge in [-0.1, -0.05) is 71.7 Å². The Kier molecular flexibility index (Phi) is 7.10. The number of fused-ring (bicyclic) bond motifs is 3. The summed E-state index contributed by atoms with van der Waals surface area (Å²) >= 11 is 11.9. The minimum Gasteiger partial charge on any atom is -0.506 e. The summed E-state index contributed by atoms with van der Waals surface area (Å²) in [6.45, 7) is 0.269. The van der Waals surface area contributed by atoms with Crippen LogP contribution in [-0.2, 0) is 4.74 Å². The lowest BCUT2D eigenvalue weighted by atomic mass is 9.98. The molecule has 0 saturated carbocycles. The van der Waals surface area contributed by atoms with Crippen molar-refractivity contribution in [3.05, 3.63) is 87.4 Å². The number of aliphatic hydroxyl groups excluding tert-OH is 2. The Morgan fingerprint density at radius 2 is 1.58 bits per heavy atom. The maximum absolute atomic E-state index is 12.2. The van der Waals surface area contributed by atoms with Gasteiger partial charge in [0.2, 0.25) is 0 Å². The van der Waals surface area contributed by atoms with Gasteiger partial charge in [-0.25, -0.2) is 4.79 Å². The number of hydrogen-bond acceptors (Lipinski definition) is 5. The van der Waals surface area contributed by atoms with Crippen molar-refractivity contribution in [2.24, 2.45) is 0 Å². The molecule has 2 atom stereocenters. The molecule has 6 nitrogen and oxygen atoms in total. The maximum atomic E-state index is 12.2. The van der Waals surface area contributed by atoms with E-state index >= 15 is 0 Å². The number of amides is 1. The summed E-state index contributed by atoms with van der Waals surface area (Å²) in [5, 5.41) is 32.9. The van der Waals surface area contributed by atoms with Gasteiger partial charge in [0.1, 0.15) is 18.5 Å². The van der Waals surface area contributed by atoms with Gasteiger partial charge >= 0.3 is 6.09 Å². The summed E-state index contributed by atoms with van der Waals surface area (Å²) < 4.78 is 5.45. The number of benzene rings is 3. The van der Waals surface area contributed by atoms with E-state index in [4.69, 9.17) is 27.9 Å². The van der Waals surface area contributed by atoms with E-state index in [-0.39, 0.29) is 46.8 Å². The van der Waals surface area contributed by atoms with Gasteiger partial charge in [0.05, 0.1) is 16.1 Å². The SMILES string of the molecule is O=C(NCCC(O)C(O)c1cc(Cl)c(O)cc1Cl)OCC1c2ccccc2-c2ccccc21. The molecule has 1 aliphatic carbocycles. The molecule has 1 amide bonds. The zero-order chi connectivity index (χ0) is 23.5. The predicted octanol–water partition coefficient (Wildman–Crippen LogP) is 5.02. The van der Waals surface area contributed by atoms with Crippen LogP contribution in [0.15, 0.2) is 60.7 Å². The highest BCUT2D eigenvalue weighted by Crippen LogP contribution is 2.44. The zero-order valence-electron chi connectivity index (χ0n) is 17.5. The second-order valence-electron chi connectivity index (χ2n) is 7.88. The lowest BCUT2D eigenvalue weighted by Gasteiger charge is -2.20. The molecule has 0 radical (unpaired) electrons. The van der Waals surface area contributed by atoms with E-state index in [1.165, 1.54) is 12.1 Å². The van der Waals surface area contributed by atoms with E-state index < -0.39 is 18.3 Å². The molecule has 0 spiro atoms. The Morgan fingerprint density at radius 3 is 2.21 bits per heavy atom. The number of rotatable bonds is 7. The first-order chi connectivity index (χ1) is 15.9. The van der Waals surface area contributed by atoms with E-state index in [1.807, 2.05) is 36.4 Å². The molecule has 0 heterocycles. The van der Waals surface area contributed by atoms with E-state index in [9.17, 15) is 20.1 Å². The second-order valence-corrected chi connectivity index (χ2v) is 8.69. The van der Waals surface area contributed by atoms with Crippen LogP contribution in [0.5, 0.6) is 5.75 Å². The average molecular weight is 488 g/mol. The monoisotopic (exact) mass is 487 g/mol. The van der Waals surface area contributed by atoms with Crippen LogP contribution < -0.4 is 5.32 Å². The molecule has 4 rings (SSSR count). The van der Waals surface area contributed by atoms with Crippen LogP contribution in [0, 0.1) is 0 Å². The Morgan fingerprint density at radius 1 is 0.970 bits per heavy atom. The molecule has 0 fully saturated rings. The van der Waals surface area contributed by atoms with Gasteiger partial charge in [-0.2, -0.15) is 0 Å². The Hall–Kier alpha value is -2.77. The highest BCUT2D eigenvalue weighted by molar-refractivity contribution is 6.34. The predicted molar refractivity (Wildman–Crippen MR) is 127 cm³/mol. The number of hydrogen-bond donors (Lipinski definition) is 4. The lowest BCUT2D eigenvalue weighted by Crippen LogP contribution is -2.30. The molecule has 33 heavy (non-hydrogen) atoms. The number of phenolic OH excluding ortho intramolecular Hbond substituents is 1.